The predicted molar refractivity (Wildman–Crippen MR) is 164 cm³/mol. The van der Waals surface area contributed by atoms with Crippen LogP contribution in [0.2, 0.25) is 0 Å². The molecule has 0 unspecified atom stereocenters. The minimum atomic E-state index is -0.521. The molecule has 3 heterocycles. The van der Waals surface area contributed by atoms with Crippen molar-refractivity contribution in [1.82, 2.24) is 15.0 Å². The number of nitrogens with zero attached hydrogens (tertiary/aromatic N) is 6. The van der Waals surface area contributed by atoms with E-state index in [2.05, 4.69) is 27.6 Å². The molecule has 0 saturated heterocycles. The Kier molecular flexibility index (Phi) is 17.5. The molecule has 0 spiro atoms. The highest BCUT2D eigenvalue weighted by Gasteiger charge is 2.09. The highest BCUT2D eigenvalue weighted by Crippen LogP contribution is 2.35. The van der Waals surface area contributed by atoms with Crippen LogP contribution in [0.15, 0.2) is 70.1 Å². The summed E-state index contributed by atoms with van der Waals surface area (Å²) in [4.78, 5) is 61.7. The van der Waals surface area contributed by atoms with Crippen LogP contribution in [0.1, 0.15) is 12.8 Å². The molecule has 0 aliphatic carbocycles. The second-order valence-electron chi connectivity index (χ2n) is 7.06. The van der Waals surface area contributed by atoms with Crippen LogP contribution in [-0.4, -0.2) is 53.0 Å². The Labute approximate surface area is 259 Å². The zero-order valence-corrected chi connectivity index (χ0v) is 25.4. The molecule has 3 aromatic rings. The van der Waals surface area contributed by atoms with Crippen molar-refractivity contribution in [3.05, 3.63) is 85.3 Å². The van der Waals surface area contributed by atoms with Gasteiger partial charge in [0.05, 0.1) is 14.8 Å². The average Bonchev–Trinajstić information content (AvgIpc) is 2.95. The van der Waals surface area contributed by atoms with Gasteiger partial charge in [0.25, 0.3) is 17.1 Å². The first-order valence-electron chi connectivity index (χ1n) is 11.1. The Morgan fingerprint density at radius 3 is 1.26 bits per heavy atom. The maximum atomic E-state index is 10.5. The maximum Gasteiger partial charge on any atom is 0.287 e. The Morgan fingerprint density at radius 2 is 1.02 bits per heavy atom. The van der Waals surface area contributed by atoms with Gasteiger partial charge in [-0.05, 0) is 56.3 Å². The van der Waals surface area contributed by atoms with Crippen LogP contribution in [0.25, 0.3) is 0 Å². The Balaban J connectivity index is 0.000000359. The molecule has 4 N–H and O–H groups in total. The van der Waals surface area contributed by atoms with Crippen molar-refractivity contribution in [3.63, 3.8) is 0 Å². The fraction of sp³-hybridized carbons (Fsp3) is 0.190. The lowest BCUT2D eigenvalue weighted by Crippen LogP contribution is -2.10. The number of nitro groups is 3. The molecule has 0 fully saturated rings. The monoisotopic (exact) mass is 674 g/mol. The van der Waals surface area contributed by atoms with Crippen LogP contribution < -0.4 is 11.5 Å². The van der Waals surface area contributed by atoms with E-state index in [0.717, 1.165) is 0 Å². The zero-order valence-electron chi connectivity index (χ0n) is 21.2. The summed E-state index contributed by atoms with van der Waals surface area (Å²) in [7, 11) is 5.31. The van der Waals surface area contributed by atoms with Crippen molar-refractivity contribution in [3.8, 4) is 0 Å². The van der Waals surface area contributed by atoms with Gasteiger partial charge in [0, 0.05) is 36.8 Å². The third kappa shape index (κ3) is 16.0. The predicted octanol–water partition coefficient (Wildman–Crippen LogP) is 4.49. The van der Waals surface area contributed by atoms with Crippen molar-refractivity contribution < 1.29 is 24.4 Å². The minimum absolute atomic E-state index is 0.0357. The smallest absolute Gasteiger partial charge is 0.287 e. The van der Waals surface area contributed by atoms with Gasteiger partial charge in [-0.25, -0.2) is 15.0 Å². The van der Waals surface area contributed by atoms with Gasteiger partial charge in [-0.15, -0.1) is 0 Å². The van der Waals surface area contributed by atoms with Crippen LogP contribution in [0.4, 0.5) is 17.1 Å². The molecular weight excluding hydrogens is 653 g/mol. The maximum absolute atomic E-state index is 10.5. The first kappa shape index (κ1) is 36.4. The van der Waals surface area contributed by atoms with E-state index in [1.807, 2.05) is 0 Å². The molecule has 2 amide bonds. The van der Waals surface area contributed by atoms with Gasteiger partial charge < -0.3 is 11.5 Å². The summed E-state index contributed by atoms with van der Waals surface area (Å²) in [6.07, 6.45) is 4.24. The number of pyridine rings is 3. The molecule has 21 heteroatoms. The van der Waals surface area contributed by atoms with E-state index in [4.69, 9.17) is 11.5 Å². The van der Waals surface area contributed by atoms with E-state index in [1.165, 1.54) is 92.1 Å². The lowest BCUT2D eigenvalue weighted by molar-refractivity contribution is -0.385. The van der Waals surface area contributed by atoms with Crippen LogP contribution >= 0.6 is 55.8 Å². The molecule has 224 valence electrons. The van der Waals surface area contributed by atoms with Crippen LogP contribution in [0.5, 0.6) is 0 Å². The number of thiol groups is 1. The second kappa shape index (κ2) is 20.3. The van der Waals surface area contributed by atoms with E-state index in [0.29, 0.717) is 39.4 Å². The summed E-state index contributed by atoms with van der Waals surface area (Å²) in [6, 6.07) is 8.74. The van der Waals surface area contributed by atoms with E-state index in [9.17, 15) is 39.9 Å². The normalized spacial score (nSPS) is 9.83. The van der Waals surface area contributed by atoms with E-state index in [1.54, 1.807) is 6.07 Å². The lowest BCUT2D eigenvalue weighted by Gasteiger charge is -1.99. The number of hydrogen-bond acceptors (Lipinski definition) is 16. The van der Waals surface area contributed by atoms with Gasteiger partial charge in [-0.1, -0.05) is 10.8 Å². The minimum Gasteiger partial charge on any atom is -0.370 e. The fourth-order valence-corrected chi connectivity index (χ4v) is 5.83. The Morgan fingerprint density at radius 1 is 0.667 bits per heavy atom. The molecule has 3 rings (SSSR count). The van der Waals surface area contributed by atoms with Crippen molar-refractivity contribution in [2.75, 3.05) is 11.5 Å². The van der Waals surface area contributed by atoms with Crippen LogP contribution in [0, 0.1) is 30.3 Å². The van der Waals surface area contributed by atoms with Crippen molar-refractivity contribution >= 4 is 84.7 Å². The van der Waals surface area contributed by atoms with Gasteiger partial charge >= 0.3 is 0 Å². The second-order valence-corrected chi connectivity index (χ2v) is 12.1. The average molecular weight is 675 g/mol. The number of carbonyl (C=O) groups is 2. The molecule has 42 heavy (non-hydrogen) atoms. The number of hydrogen-bond donors (Lipinski definition) is 3. The first-order chi connectivity index (χ1) is 19.9. The Bertz CT molecular complexity index is 1280. The molecule has 0 saturated carbocycles. The molecule has 0 radical (unpaired) electrons. The van der Waals surface area contributed by atoms with Gasteiger partial charge in [-0.2, -0.15) is 12.6 Å². The highest BCUT2D eigenvalue weighted by molar-refractivity contribution is 8.77. The lowest BCUT2D eigenvalue weighted by atomic mass is 10.4. The molecule has 0 bridgehead atoms. The standard InChI is InChI=1S/C10H6N4O4S2.C8H9N3O3S2.C3H7NOS/c15-13(16)7-1-3-9(11-5-7)19-20-10-4-2-8(6-12-10)14(17)18;9-7(12)3-4-15-16-8-2-1-6(5-10-8)11(13)14;4-3(5)1-2-6/h1-6H;1-2,5H,3-4H2,(H2,9,12);6H,1-2H2,(H2,4,5). The van der Waals surface area contributed by atoms with E-state index >= 15 is 0 Å². The number of carbonyl (C=O) groups excluding carboxylic acids is 2. The highest BCUT2D eigenvalue weighted by atomic mass is 33.1. The van der Waals surface area contributed by atoms with E-state index in [-0.39, 0.29) is 28.9 Å². The first-order valence-corrected chi connectivity index (χ1v) is 16.2. The summed E-state index contributed by atoms with van der Waals surface area (Å²) in [5.41, 5.74) is 9.50. The molecule has 16 nitrogen and oxygen atoms in total. The van der Waals surface area contributed by atoms with Gasteiger partial charge in [-0.3, -0.25) is 39.9 Å². The van der Waals surface area contributed by atoms with Crippen LogP contribution in [-0.2, 0) is 9.59 Å². The number of nitrogens with two attached hydrogens (primary N) is 2. The number of amides is 2. The SMILES string of the molecule is NC(=O)CCS.NC(=O)CCSSc1ccc([N+](=O)[O-])cn1.O=[N+]([O-])c1ccc(SSc2ccc([N+](=O)[O-])cn2)nc1. The molecule has 0 atom stereocenters. The van der Waals surface area contributed by atoms with Crippen molar-refractivity contribution in [2.24, 2.45) is 11.5 Å². The van der Waals surface area contributed by atoms with Gasteiger partial charge in [0.15, 0.2) is 0 Å². The number of rotatable bonds is 13. The molecule has 0 aromatic carbocycles. The fourth-order valence-electron chi connectivity index (χ4n) is 2.03. The summed E-state index contributed by atoms with van der Waals surface area (Å²) >= 11 is 3.76. The van der Waals surface area contributed by atoms with E-state index < -0.39 is 14.8 Å². The van der Waals surface area contributed by atoms with Crippen LogP contribution in [0.3, 0.4) is 0 Å². The third-order valence-corrected chi connectivity index (χ3v) is 8.61. The Hall–Kier alpha value is -3.66. The number of primary amides is 2. The largest absolute Gasteiger partial charge is 0.370 e. The van der Waals surface area contributed by atoms with Crippen molar-refractivity contribution in [2.45, 2.75) is 27.9 Å². The number of aromatic nitrogens is 3. The molecular formula is C21H22N8O8S5. The summed E-state index contributed by atoms with van der Waals surface area (Å²) in [6.45, 7) is 0. The quantitative estimate of drug-likeness (QED) is 0.0742. The van der Waals surface area contributed by atoms with Gasteiger partial charge in [0.2, 0.25) is 11.8 Å². The topological polar surface area (TPSA) is 254 Å². The molecule has 3 aromatic heterocycles. The third-order valence-electron chi connectivity index (χ3n) is 3.94. The molecule has 0 aliphatic rings. The summed E-state index contributed by atoms with van der Waals surface area (Å²) in [5.74, 6) is 0.517. The van der Waals surface area contributed by atoms with Gasteiger partial charge in [0.1, 0.15) is 33.7 Å². The summed E-state index contributed by atoms with van der Waals surface area (Å²) < 4.78 is 0. The zero-order chi connectivity index (χ0) is 31.5. The summed E-state index contributed by atoms with van der Waals surface area (Å²) in [5, 5.41) is 33.1. The van der Waals surface area contributed by atoms with Crippen molar-refractivity contribution in [1.29, 1.82) is 0 Å². The molecule has 0 aliphatic heterocycles.